The van der Waals surface area contributed by atoms with Crippen LogP contribution in [0.1, 0.15) is 20.3 Å². The predicted molar refractivity (Wildman–Crippen MR) is 77.4 cm³/mol. The van der Waals surface area contributed by atoms with E-state index in [1.54, 1.807) is 0 Å². The molecule has 0 fully saturated rings. The van der Waals surface area contributed by atoms with Crippen molar-refractivity contribution in [2.45, 2.75) is 31.9 Å². The Balaban J connectivity index is 5.13. The van der Waals surface area contributed by atoms with Gasteiger partial charge in [-0.15, -0.1) is 0 Å². The lowest BCUT2D eigenvalue weighted by atomic mass is 9.88. The van der Waals surface area contributed by atoms with E-state index in [0.717, 1.165) is 0 Å². The number of aliphatic hydroxyl groups excluding tert-OH is 4. The van der Waals surface area contributed by atoms with Crippen molar-refractivity contribution in [1.29, 1.82) is 0 Å². The molecule has 8 nitrogen and oxygen atoms in total. The van der Waals surface area contributed by atoms with Gasteiger partial charge >= 0.3 is 0 Å². The summed E-state index contributed by atoms with van der Waals surface area (Å²) in [7, 11) is -4.33. The maximum Gasteiger partial charge on any atom is 0.267 e. The van der Waals surface area contributed by atoms with Crippen LogP contribution in [-0.4, -0.2) is 88.6 Å². The molecule has 1 unspecified atom stereocenters. The molecule has 0 amide bonds. The highest BCUT2D eigenvalue weighted by Crippen LogP contribution is 2.24. The highest BCUT2D eigenvalue weighted by Gasteiger charge is 2.37. The molecule has 0 saturated heterocycles. The Labute approximate surface area is 125 Å². The number of hydrogen-bond acceptors (Lipinski definition) is 7. The summed E-state index contributed by atoms with van der Waals surface area (Å²) in [5.41, 5.74) is -1.07. The third kappa shape index (κ3) is 7.50. The molecule has 0 radical (unpaired) electrons. The van der Waals surface area contributed by atoms with Crippen LogP contribution in [0.15, 0.2) is 0 Å². The second-order valence-corrected chi connectivity index (χ2v) is 7.21. The van der Waals surface area contributed by atoms with Crippen molar-refractivity contribution < 1.29 is 33.4 Å². The normalized spacial score (nSPS) is 14.9. The molecule has 0 saturated carbocycles. The van der Waals surface area contributed by atoms with Gasteiger partial charge in [-0.05, 0) is 12.3 Å². The summed E-state index contributed by atoms with van der Waals surface area (Å²) in [5, 5.41) is 38.1. The Kier molecular flexibility index (Phi) is 8.86. The fourth-order valence-electron chi connectivity index (χ4n) is 2.46. The zero-order chi connectivity index (χ0) is 16.7. The summed E-state index contributed by atoms with van der Waals surface area (Å²) in [6.07, 6.45) is -0.991. The molecule has 0 bridgehead atoms. The van der Waals surface area contributed by atoms with E-state index in [1.165, 1.54) is 4.90 Å². The largest absolute Gasteiger partial charge is 0.395 e. The molecule has 1 atom stereocenters. The molecule has 0 heterocycles. The van der Waals surface area contributed by atoms with Gasteiger partial charge in [-0.1, -0.05) is 13.8 Å². The topological polar surface area (TPSA) is 139 Å². The minimum atomic E-state index is -4.33. The quantitative estimate of drug-likeness (QED) is 0.283. The second kappa shape index (κ2) is 8.99. The summed E-state index contributed by atoms with van der Waals surface area (Å²) < 4.78 is 30.3. The molecule has 5 N–H and O–H groups in total. The Bertz CT molecular complexity index is 381. The molecule has 9 heteroatoms. The first-order valence-electron chi connectivity index (χ1n) is 6.81. The van der Waals surface area contributed by atoms with Gasteiger partial charge in [0.2, 0.25) is 0 Å². The van der Waals surface area contributed by atoms with Crippen LogP contribution in [0.3, 0.4) is 0 Å². The van der Waals surface area contributed by atoms with E-state index in [0.29, 0.717) is 6.42 Å². The first-order valence-corrected chi connectivity index (χ1v) is 8.42. The first-order chi connectivity index (χ1) is 9.60. The van der Waals surface area contributed by atoms with Crippen LogP contribution in [0.2, 0.25) is 0 Å². The van der Waals surface area contributed by atoms with Crippen molar-refractivity contribution in [3.8, 4) is 0 Å². The fraction of sp³-hybridized carbons (Fsp3) is 1.00. The maximum atomic E-state index is 10.8. The Morgan fingerprint density at radius 1 is 1.14 bits per heavy atom. The Hall–Kier alpha value is -0.290. The highest BCUT2D eigenvalue weighted by molar-refractivity contribution is 7.85. The molecule has 21 heavy (non-hydrogen) atoms. The average molecular weight is 329 g/mol. The lowest BCUT2D eigenvalue weighted by Gasteiger charge is -2.43. The Morgan fingerprint density at radius 2 is 1.67 bits per heavy atom. The van der Waals surface area contributed by atoms with E-state index in [4.69, 9.17) is 9.66 Å². The van der Waals surface area contributed by atoms with Gasteiger partial charge in [-0.3, -0.25) is 9.45 Å². The molecule has 0 spiro atoms. The van der Waals surface area contributed by atoms with Gasteiger partial charge in [0.05, 0.1) is 31.5 Å². The molecule has 0 aliphatic heterocycles. The van der Waals surface area contributed by atoms with E-state index in [2.05, 4.69) is 0 Å². The zero-order valence-electron chi connectivity index (χ0n) is 12.5. The molecular formula is C12H27NO7S. The Morgan fingerprint density at radius 3 is 2.00 bits per heavy atom. The van der Waals surface area contributed by atoms with E-state index >= 15 is 0 Å². The predicted octanol–water partition coefficient (Wildman–Crippen LogP) is -1.70. The van der Waals surface area contributed by atoms with E-state index < -0.39 is 40.7 Å². The van der Waals surface area contributed by atoms with Gasteiger partial charge in [-0.25, -0.2) is 0 Å². The van der Waals surface area contributed by atoms with Gasteiger partial charge in [0, 0.05) is 13.1 Å². The van der Waals surface area contributed by atoms with Gasteiger partial charge in [0.1, 0.15) is 5.75 Å². The average Bonchev–Trinajstić information content (AvgIpc) is 2.33. The molecule has 128 valence electrons. The van der Waals surface area contributed by atoms with Crippen LogP contribution in [0, 0.1) is 5.92 Å². The van der Waals surface area contributed by atoms with Crippen molar-refractivity contribution in [2.75, 3.05) is 38.7 Å². The van der Waals surface area contributed by atoms with Gasteiger partial charge < -0.3 is 20.4 Å². The summed E-state index contributed by atoms with van der Waals surface area (Å²) in [6.45, 7) is 2.56. The molecular weight excluding hydrogens is 302 g/mol. The van der Waals surface area contributed by atoms with E-state index in [1.807, 2.05) is 13.8 Å². The number of aliphatic hydroxyl groups is 4. The summed E-state index contributed by atoms with van der Waals surface area (Å²) in [4.78, 5) is 1.46. The molecule has 0 aromatic carbocycles. The van der Waals surface area contributed by atoms with Crippen LogP contribution >= 0.6 is 0 Å². The smallest absolute Gasteiger partial charge is 0.267 e. The van der Waals surface area contributed by atoms with Crippen molar-refractivity contribution in [1.82, 2.24) is 4.90 Å². The van der Waals surface area contributed by atoms with Gasteiger partial charge in [0.15, 0.2) is 0 Å². The van der Waals surface area contributed by atoms with Crippen LogP contribution in [0.4, 0.5) is 0 Å². The summed E-state index contributed by atoms with van der Waals surface area (Å²) in [5.74, 6) is -0.715. The van der Waals surface area contributed by atoms with Crippen LogP contribution in [0.5, 0.6) is 0 Å². The fourth-order valence-corrected chi connectivity index (χ4v) is 3.05. The van der Waals surface area contributed by atoms with Gasteiger partial charge in [0.25, 0.3) is 10.1 Å². The van der Waals surface area contributed by atoms with E-state index in [-0.39, 0.29) is 25.6 Å². The number of nitrogens with zero attached hydrogens (tertiary/aromatic N) is 1. The number of hydrogen-bond donors (Lipinski definition) is 5. The SMILES string of the molecule is CC(C)CC(CO)(CO)N(CCO)CC(O)CS(=O)(=O)O. The van der Waals surface area contributed by atoms with E-state index in [9.17, 15) is 23.7 Å². The number of β-amino-alcohol motifs (C(OH)–C–C–N with tert-alkyl or cyclic N) is 2. The van der Waals surface area contributed by atoms with Crippen molar-refractivity contribution in [3.05, 3.63) is 0 Å². The second-order valence-electron chi connectivity index (χ2n) is 5.71. The number of rotatable bonds is 11. The lowest BCUT2D eigenvalue weighted by Crippen LogP contribution is -2.58. The van der Waals surface area contributed by atoms with Crippen molar-refractivity contribution >= 4 is 10.1 Å². The standard InChI is InChI=1S/C12H27NO7S/c1-10(2)5-12(8-15,9-16)13(3-4-14)6-11(17)7-21(18,19)20/h10-11,14-17H,3-9H2,1-2H3,(H,18,19,20). The maximum absolute atomic E-state index is 10.8. The molecule has 0 aromatic rings. The first kappa shape index (κ1) is 20.7. The third-order valence-electron chi connectivity index (χ3n) is 3.25. The molecule has 0 aliphatic rings. The molecule has 0 rings (SSSR count). The molecule has 0 aromatic heterocycles. The monoisotopic (exact) mass is 329 g/mol. The van der Waals surface area contributed by atoms with Crippen LogP contribution in [-0.2, 0) is 10.1 Å². The lowest BCUT2D eigenvalue weighted by molar-refractivity contribution is -0.0492. The minimum Gasteiger partial charge on any atom is -0.395 e. The van der Waals surface area contributed by atoms with Crippen molar-refractivity contribution in [3.63, 3.8) is 0 Å². The third-order valence-corrected chi connectivity index (χ3v) is 4.06. The summed E-state index contributed by atoms with van der Waals surface area (Å²) >= 11 is 0. The summed E-state index contributed by atoms with van der Waals surface area (Å²) in [6, 6.07) is 0. The van der Waals surface area contributed by atoms with Crippen LogP contribution in [0.25, 0.3) is 0 Å². The highest BCUT2D eigenvalue weighted by atomic mass is 32.2. The van der Waals surface area contributed by atoms with Crippen LogP contribution < -0.4 is 0 Å². The van der Waals surface area contributed by atoms with Gasteiger partial charge in [-0.2, -0.15) is 8.42 Å². The molecule has 0 aliphatic carbocycles. The minimum absolute atomic E-state index is 0.0520. The zero-order valence-corrected chi connectivity index (χ0v) is 13.3. The van der Waals surface area contributed by atoms with Crippen molar-refractivity contribution in [2.24, 2.45) is 5.92 Å².